The molecule has 0 radical (unpaired) electrons. The second kappa shape index (κ2) is 7.45. The Labute approximate surface area is 136 Å². The van der Waals surface area contributed by atoms with Crippen molar-refractivity contribution in [2.45, 2.75) is 5.03 Å². The Balaban J connectivity index is 1.51. The van der Waals surface area contributed by atoms with Crippen molar-refractivity contribution in [1.82, 2.24) is 35.7 Å². The fourth-order valence-corrected chi connectivity index (χ4v) is 2.42. The monoisotopic (exact) mass is 327 g/mol. The van der Waals surface area contributed by atoms with Gasteiger partial charge in [0.25, 0.3) is 5.91 Å². The largest absolute Gasteiger partial charge is 0.351 e. The lowest BCUT2D eigenvalue weighted by Gasteiger charge is -2.04. The van der Waals surface area contributed by atoms with Gasteiger partial charge in [-0.25, -0.2) is 9.97 Å². The quantitative estimate of drug-likeness (QED) is 0.517. The van der Waals surface area contributed by atoms with E-state index < -0.39 is 0 Å². The Morgan fingerprint density at radius 1 is 1.22 bits per heavy atom. The summed E-state index contributed by atoms with van der Waals surface area (Å²) in [6.07, 6.45) is 8.01. The molecule has 0 saturated carbocycles. The molecule has 0 bridgehead atoms. The number of rotatable bonds is 6. The molecular formula is C14H13N7OS. The number of amides is 1. The third kappa shape index (κ3) is 4.10. The molecule has 23 heavy (non-hydrogen) atoms. The van der Waals surface area contributed by atoms with Crippen LogP contribution < -0.4 is 5.32 Å². The van der Waals surface area contributed by atoms with Crippen LogP contribution in [0.5, 0.6) is 0 Å². The van der Waals surface area contributed by atoms with E-state index in [9.17, 15) is 4.79 Å². The van der Waals surface area contributed by atoms with Gasteiger partial charge in [-0.15, -0.1) is 16.9 Å². The van der Waals surface area contributed by atoms with Crippen LogP contribution in [-0.2, 0) is 0 Å². The van der Waals surface area contributed by atoms with Gasteiger partial charge < -0.3 is 5.32 Å². The van der Waals surface area contributed by atoms with Crippen molar-refractivity contribution in [2.75, 3.05) is 12.3 Å². The highest BCUT2D eigenvalue weighted by Crippen LogP contribution is 2.12. The number of thioether (sulfide) groups is 1. The van der Waals surface area contributed by atoms with Crippen LogP contribution in [-0.4, -0.2) is 48.6 Å². The van der Waals surface area contributed by atoms with Gasteiger partial charge >= 0.3 is 0 Å². The van der Waals surface area contributed by atoms with Crippen LogP contribution >= 0.6 is 11.8 Å². The SMILES string of the molecule is O=C(NCCSc1cn[nH]n1)c1cnc(-c2cccnc2)nc1. The molecule has 0 unspecified atom stereocenters. The average molecular weight is 327 g/mol. The first-order valence-electron chi connectivity index (χ1n) is 6.82. The van der Waals surface area contributed by atoms with Crippen molar-refractivity contribution in [3.63, 3.8) is 0 Å². The van der Waals surface area contributed by atoms with Gasteiger partial charge in [-0.1, -0.05) is 0 Å². The van der Waals surface area contributed by atoms with Crippen LogP contribution in [0.25, 0.3) is 11.4 Å². The van der Waals surface area contributed by atoms with Crippen molar-refractivity contribution in [3.8, 4) is 11.4 Å². The van der Waals surface area contributed by atoms with Gasteiger partial charge in [-0.3, -0.25) is 9.78 Å². The minimum atomic E-state index is -0.205. The standard InChI is InChI=1S/C14H13N7OS/c22-14(16-4-5-23-12-9-19-21-20-12)11-7-17-13(18-8-11)10-2-1-3-15-6-10/h1-3,6-9H,4-5H2,(H,16,22)(H,19,20,21). The molecule has 0 aliphatic heterocycles. The maximum absolute atomic E-state index is 12.0. The molecule has 3 aromatic rings. The van der Waals surface area contributed by atoms with Gasteiger partial charge in [0, 0.05) is 42.6 Å². The topological polar surface area (TPSA) is 109 Å². The van der Waals surface area contributed by atoms with E-state index in [4.69, 9.17) is 0 Å². The summed E-state index contributed by atoms with van der Waals surface area (Å²) in [5.74, 6) is 1.03. The van der Waals surface area contributed by atoms with Crippen LogP contribution in [0.1, 0.15) is 10.4 Å². The number of nitrogens with zero attached hydrogens (tertiary/aromatic N) is 5. The van der Waals surface area contributed by atoms with E-state index in [-0.39, 0.29) is 5.91 Å². The maximum atomic E-state index is 12.0. The zero-order valence-corrected chi connectivity index (χ0v) is 12.8. The number of aromatic nitrogens is 6. The van der Waals surface area contributed by atoms with E-state index in [2.05, 4.69) is 35.7 Å². The van der Waals surface area contributed by atoms with Crippen LogP contribution in [0.15, 0.2) is 48.1 Å². The van der Waals surface area contributed by atoms with E-state index in [0.717, 1.165) is 10.6 Å². The molecule has 0 aliphatic rings. The molecule has 8 nitrogen and oxygen atoms in total. The summed E-state index contributed by atoms with van der Waals surface area (Å²) in [6, 6.07) is 3.68. The second-order valence-electron chi connectivity index (χ2n) is 4.45. The predicted octanol–water partition coefficient (Wildman–Crippen LogP) is 1.18. The first-order valence-corrected chi connectivity index (χ1v) is 7.81. The number of pyridine rings is 1. The summed E-state index contributed by atoms with van der Waals surface area (Å²) in [7, 11) is 0. The van der Waals surface area contributed by atoms with Gasteiger partial charge in [-0.2, -0.15) is 10.3 Å². The van der Waals surface area contributed by atoms with E-state index in [1.54, 1.807) is 18.6 Å². The highest BCUT2D eigenvalue weighted by atomic mass is 32.2. The lowest BCUT2D eigenvalue weighted by atomic mass is 10.2. The smallest absolute Gasteiger partial charge is 0.254 e. The Hall–Kier alpha value is -2.81. The molecule has 2 N–H and O–H groups in total. The highest BCUT2D eigenvalue weighted by molar-refractivity contribution is 7.99. The second-order valence-corrected chi connectivity index (χ2v) is 5.56. The van der Waals surface area contributed by atoms with E-state index in [0.29, 0.717) is 23.7 Å². The van der Waals surface area contributed by atoms with Crippen molar-refractivity contribution in [2.24, 2.45) is 0 Å². The summed E-state index contributed by atoms with van der Waals surface area (Å²) < 4.78 is 0. The summed E-state index contributed by atoms with van der Waals surface area (Å²) in [5, 5.41) is 13.8. The zero-order chi connectivity index (χ0) is 15.9. The van der Waals surface area contributed by atoms with E-state index in [1.807, 2.05) is 12.1 Å². The Kier molecular flexibility index (Phi) is 4.89. The number of H-pyrrole nitrogens is 1. The normalized spacial score (nSPS) is 10.4. The summed E-state index contributed by atoms with van der Waals surface area (Å²) >= 11 is 1.51. The predicted molar refractivity (Wildman–Crippen MR) is 84.7 cm³/mol. The lowest BCUT2D eigenvalue weighted by molar-refractivity contribution is 0.0955. The highest BCUT2D eigenvalue weighted by Gasteiger charge is 2.08. The number of carbonyl (C=O) groups excluding carboxylic acids is 1. The van der Waals surface area contributed by atoms with E-state index >= 15 is 0 Å². The lowest BCUT2D eigenvalue weighted by Crippen LogP contribution is -2.26. The molecule has 0 fully saturated rings. The molecule has 0 saturated heterocycles. The molecular weight excluding hydrogens is 314 g/mol. The van der Waals surface area contributed by atoms with Crippen LogP contribution in [0.2, 0.25) is 0 Å². The van der Waals surface area contributed by atoms with Gasteiger partial charge in [0.05, 0.1) is 11.8 Å². The van der Waals surface area contributed by atoms with Gasteiger partial charge in [0.2, 0.25) is 0 Å². The average Bonchev–Trinajstić information content (AvgIpc) is 3.13. The fraction of sp³-hybridized carbons (Fsp3) is 0.143. The first kappa shape index (κ1) is 15.1. The molecule has 1 amide bonds. The molecule has 3 aromatic heterocycles. The number of carbonyl (C=O) groups is 1. The molecule has 0 aliphatic carbocycles. The fourth-order valence-electron chi connectivity index (χ4n) is 1.77. The van der Waals surface area contributed by atoms with Crippen LogP contribution in [0.4, 0.5) is 0 Å². The van der Waals surface area contributed by atoms with E-state index in [1.165, 1.54) is 24.2 Å². The minimum absolute atomic E-state index is 0.205. The maximum Gasteiger partial charge on any atom is 0.254 e. The van der Waals surface area contributed by atoms with Crippen LogP contribution in [0.3, 0.4) is 0 Å². The molecule has 3 heterocycles. The van der Waals surface area contributed by atoms with Crippen molar-refractivity contribution in [3.05, 3.63) is 48.7 Å². The van der Waals surface area contributed by atoms with Crippen molar-refractivity contribution in [1.29, 1.82) is 0 Å². The van der Waals surface area contributed by atoms with Gasteiger partial charge in [0.1, 0.15) is 5.03 Å². The minimum Gasteiger partial charge on any atom is -0.351 e. The summed E-state index contributed by atoms with van der Waals surface area (Å²) in [4.78, 5) is 24.4. The molecule has 0 spiro atoms. The number of hydrogen-bond donors (Lipinski definition) is 2. The molecule has 116 valence electrons. The molecule has 0 aromatic carbocycles. The third-order valence-electron chi connectivity index (χ3n) is 2.86. The van der Waals surface area contributed by atoms with Gasteiger partial charge in [0.15, 0.2) is 5.82 Å². The first-order chi connectivity index (χ1) is 11.3. The third-order valence-corrected chi connectivity index (χ3v) is 3.76. The number of nitrogens with one attached hydrogen (secondary N) is 2. The molecule has 0 atom stereocenters. The Bertz CT molecular complexity index is 747. The van der Waals surface area contributed by atoms with Crippen LogP contribution in [0, 0.1) is 0 Å². The summed E-state index contributed by atoms with van der Waals surface area (Å²) in [6.45, 7) is 0.515. The molecule has 3 rings (SSSR count). The van der Waals surface area contributed by atoms with Crippen molar-refractivity contribution < 1.29 is 4.79 Å². The summed E-state index contributed by atoms with van der Waals surface area (Å²) in [5.41, 5.74) is 1.23. The molecule has 9 heteroatoms. The van der Waals surface area contributed by atoms with Gasteiger partial charge in [-0.05, 0) is 12.1 Å². The van der Waals surface area contributed by atoms with Crippen molar-refractivity contribution >= 4 is 17.7 Å². The number of hydrogen-bond acceptors (Lipinski definition) is 7. The Morgan fingerprint density at radius 3 is 2.78 bits per heavy atom. The Morgan fingerprint density at radius 2 is 2.09 bits per heavy atom. The zero-order valence-electron chi connectivity index (χ0n) is 12.0. The number of aromatic amines is 1.